The van der Waals surface area contributed by atoms with Crippen LogP contribution in [0.5, 0.6) is 0 Å². The van der Waals surface area contributed by atoms with Crippen LogP contribution in [0.4, 0.5) is 0 Å². The molecule has 0 aliphatic heterocycles. The SMILES string of the molecule is Cc1noc(C)c1S(=O)(=O)NCC(=O)Cl. The van der Waals surface area contributed by atoms with Crippen molar-refractivity contribution in [1.29, 1.82) is 0 Å². The summed E-state index contributed by atoms with van der Waals surface area (Å²) in [4.78, 5) is 10.4. The Morgan fingerprint density at radius 1 is 1.53 bits per heavy atom. The lowest BCUT2D eigenvalue weighted by atomic mass is 10.4. The fraction of sp³-hybridized carbons (Fsp3) is 0.429. The van der Waals surface area contributed by atoms with Gasteiger partial charge in [0, 0.05) is 0 Å². The summed E-state index contributed by atoms with van der Waals surface area (Å²) in [5.41, 5.74) is 0.238. The highest BCUT2D eigenvalue weighted by molar-refractivity contribution is 7.89. The number of rotatable bonds is 4. The summed E-state index contributed by atoms with van der Waals surface area (Å²) >= 11 is 5.02. The smallest absolute Gasteiger partial charge is 0.246 e. The standard InChI is InChI=1S/C7H9ClN2O4S/c1-4-7(5(2)14-10-4)15(12,13)9-3-6(8)11/h9H,3H2,1-2H3. The Kier molecular flexibility index (Phi) is 3.48. The third kappa shape index (κ3) is 2.77. The first-order chi connectivity index (χ1) is 6.84. The first kappa shape index (κ1) is 12.2. The second kappa shape index (κ2) is 4.30. The van der Waals surface area contributed by atoms with Crippen LogP contribution >= 0.6 is 11.6 Å². The Morgan fingerprint density at radius 3 is 2.53 bits per heavy atom. The third-order valence-electron chi connectivity index (χ3n) is 1.64. The molecule has 0 unspecified atom stereocenters. The van der Waals surface area contributed by atoms with Crippen LogP contribution < -0.4 is 4.72 Å². The molecule has 1 rings (SSSR count). The van der Waals surface area contributed by atoms with Crippen LogP contribution in [0.15, 0.2) is 9.42 Å². The van der Waals surface area contributed by atoms with Crippen molar-refractivity contribution in [3.8, 4) is 0 Å². The van der Waals surface area contributed by atoms with Crippen molar-refractivity contribution in [2.24, 2.45) is 0 Å². The molecular formula is C7H9ClN2O4S. The van der Waals surface area contributed by atoms with Gasteiger partial charge in [0.25, 0.3) is 0 Å². The van der Waals surface area contributed by atoms with E-state index in [1.807, 2.05) is 4.72 Å². The fourth-order valence-electron chi connectivity index (χ4n) is 1.08. The molecule has 0 fully saturated rings. The molecule has 0 saturated heterocycles. The lowest BCUT2D eigenvalue weighted by molar-refractivity contribution is -0.110. The van der Waals surface area contributed by atoms with Crippen molar-refractivity contribution < 1.29 is 17.7 Å². The second-order valence-electron chi connectivity index (χ2n) is 2.83. The summed E-state index contributed by atoms with van der Waals surface area (Å²) < 4.78 is 30.0. The molecule has 1 aromatic heterocycles. The summed E-state index contributed by atoms with van der Waals surface area (Å²) in [5.74, 6) is 0.169. The van der Waals surface area contributed by atoms with Gasteiger partial charge in [-0.05, 0) is 25.4 Å². The molecule has 0 amide bonds. The first-order valence-electron chi connectivity index (χ1n) is 3.95. The molecule has 0 radical (unpaired) electrons. The van der Waals surface area contributed by atoms with E-state index in [-0.39, 0.29) is 16.3 Å². The maximum absolute atomic E-state index is 11.6. The number of carbonyl (C=O) groups excluding carboxylic acids is 1. The number of sulfonamides is 1. The number of aromatic nitrogens is 1. The molecule has 84 valence electrons. The molecule has 1 N–H and O–H groups in total. The largest absolute Gasteiger partial charge is 0.360 e. The number of halogens is 1. The van der Waals surface area contributed by atoms with Gasteiger partial charge in [0.15, 0.2) is 5.76 Å². The number of carbonyl (C=O) groups is 1. The van der Waals surface area contributed by atoms with Gasteiger partial charge in [-0.1, -0.05) is 5.16 Å². The van der Waals surface area contributed by atoms with E-state index in [1.54, 1.807) is 0 Å². The molecule has 0 saturated carbocycles. The normalized spacial score (nSPS) is 11.7. The number of aryl methyl sites for hydroxylation is 2. The molecule has 15 heavy (non-hydrogen) atoms. The molecule has 0 spiro atoms. The second-order valence-corrected chi connectivity index (χ2v) is 4.96. The lowest BCUT2D eigenvalue weighted by Gasteiger charge is -2.02. The highest BCUT2D eigenvalue weighted by Crippen LogP contribution is 2.18. The zero-order valence-corrected chi connectivity index (χ0v) is 9.65. The molecule has 0 aliphatic carbocycles. The van der Waals surface area contributed by atoms with E-state index in [9.17, 15) is 13.2 Å². The van der Waals surface area contributed by atoms with Gasteiger partial charge in [-0.2, -0.15) is 0 Å². The van der Waals surface area contributed by atoms with E-state index in [1.165, 1.54) is 13.8 Å². The third-order valence-corrected chi connectivity index (χ3v) is 3.42. The van der Waals surface area contributed by atoms with Crippen molar-refractivity contribution in [1.82, 2.24) is 9.88 Å². The van der Waals surface area contributed by atoms with E-state index < -0.39 is 21.8 Å². The Hall–Kier alpha value is -0.920. The predicted octanol–water partition coefficient (Wildman–Crippen LogP) is 0.335. The van der Waals surface area contributed by atoms with Gasteiger partial charge < -0.3 is 4.52 Å². The maximum Gasteiger partial charge on any atom is 0.246 e. The van der Waals surface area contributed by atoms with Crippen molar-refractivity contribution in [3.05, 3.63) is 11.5 Å². The molecular weight excluding hydrogens is 244 g/mol. The maximum atomic E-state index is 11.6. The molecule has 0 aromatic carbocycles. The van der Waals surface area contributed by atoms with Crippen LogP contribution in [0.1, 0.15) is 11.5 Å². The van der Waals surface area contributed by atoms with Crippen LogP contribution in [0, 0.1) is 13.8 Å². The van der Waals surface area contributed by atoms with Crippen LogP contribution in [0.25, 0.3) is 0 Å². The van der Waals surface area contributed by atoms with Crippen LogP contribution in [-0.4, -0.2) is 25.4 Å². The van der Waals surface area contributed by atoms with Crippen LogP contribution in [0.2, 0.25) is 0 Å². The van der Waals surface area contributed by atoms with Gasteiger partial charge in [0.05, 0.1) is 6.54 Å². The number of nitrogens with one attached hydrogen (secondary N) is 1. The average Bonchev–Trinajstić information content (AvgIpc) is 2.43. The van der Waals surface area contributed by atoms with Gasteiger partial charge in [-0.25, -0.2) is 13.1 Å². The van der Waals surface area contributed by atoms with Crippen molar-refractivity contribution in [2.45, 2.75) is 18.7 Å². The summed E-state index contributed by atoms with van der Waals surface area (Å²) in [7, 11) is -3.78. The van der Waals surface area contributed by atoms with Crippen molar-refractivity contribution in [3.63, 3.8) is 0 Å². The van der Waals surface area contributed by atoms with Gasteiger partial charge in [-0.3, -0.25) is 4.79 Å². The molecule has 0 aliphatic rings. The fourth-order valence-corrected chi connectivity index (χ4v) is 2.54. The topological polar surface area (TPSA) is 89.3 Å². The van der Waals surface area contributed by atoms with Crippen molar-refractivity contribution >= 4 is 26.9 Å². The van der Waals surface area contributed by atoms with Gasteiger partial charge in [0.2, 0.25) is 15.3 Å². The summed E-state index contributed by atoms with van der Waals surface area (Å²) in [5, 5.41) is 2.71. The highest BCUT2D eigenvalue weighted by Gasteiger charge is 2.24. The van der Waals surface area contributed by atoms with Gasteiger partial charge >= 0.3 is 0 Å². The lowest BCUT2D eigenvalue weighted by Crippen LogP contribution is -2.28. The summed E-state index contributed by atoms with van der Waals surface area (Å²) in [6, 6.07) is 0. The molecule has 0 bridgehead atoms. The van der Waals surface area contributed by atoms with E-state index in [0.29, 0.717) is 0 Å². The van der Waals surface area contributed by atoms with Crippen LogP contribution in [-0.2, 0) is 14.8 Å². The average molecular weight is 253 g/mol. The van der Waals surface area contributed by atoms with E-state index in [4.69, 9.17) is 16.1 Å². The number of hydrogen-bond acceptors (Lipinski definition) is 5. The molecule has 1 aromatic rings. The minimum absolute atomic E-state index is 0.0552. The van der Waals surface area contributed by atoms with Crippen molar-refractivity contribution in [2.75, 3.05) is 6.54 Å². The van der Waals surface area contributed by atoms with Gasteiger partial charge in [0.1, 0.15) is 10.6 Å². The minimum atomic E-state index is -3.78. The molecule has 8 heteroatoms. The Bertz CT molecular complexity index is 460. The Morgan fingerprint density at radius 2 is 2.13 bits per heavy atom. The van der Waals surface area contributed by atoms with Gasteiger partial charge in [-0.15, -0.1) is 0 Å². The number of nitrogens with zero attached hydrogens (tertiary/aromatic N) is 1. The molecule has 0 atom stereocenters. The molecule has 1 heterocycles. The number of hydrogen-bond donors (Lipinski definition) is 1. The Balaban J connectivity index is 3.01. The highest BCUT2D eigenvalue weighted by atomic mass is 35.5. The minimum Gasteiger partial charge on any atom is -0.360 e. The zero-order chi connectivity index (χ0) is 11.6. The van der Waals surface area contributed by atoms with E-state index in [2.05, 4.69) is 5.16 Å². The molecule has 6 nitrogen and oxygen atoms in total. The zero-order valence-electron chi connectivity index (χ0n) is 8.07. The van der Waals surface area contributed by atoms with Crippen LogP contribution in [0.3, 0.4) is 0 Å². The summed E-state index contributed by atoms with van der Waals surface area (Å²) in [6.45, 7) is 2.50. The predicted molar refractivity (Wildman–Crippen MR) is 52.0 cm³/mol. The summed E-state index contributed by atoms with van der Waals surface area (Å²) in [6.07, 6.45) is 0. The van der Waals surface area contributed by atoms with E-state index in [0.717, 1.165) is 0 Å². The van der Waals surface area contributed by atoms with E-state index >= 15 is 0 Å². The Labute approximate surface area is 91.6 Å². The monoisotopic (exact) mass is 252 g/mol. The first-order valence-corrected chi connectivity index (χ1v) is 5.81. The quantitative estimate of drug-likeness (QED) is 0.781.